The van der Waals surface area contributed by atoms with E-state index in [9.17, 15) is 0 Å². The first-order chi connectivity index (χ1) is 5.15. The standard InChI is InChI=1S/C8H8BrClS/c1-5-3-6(9)8(10)7(4-5)11-2/h3-4H,1-2H3. The third-order valence-corrected chi connectivity index (χ3v) is 3.49. The average molecular weight is 252 g/mol. The Balaban J connectivity index is 3.24. The normalized spacial score (nSPS) is 10.2. The number of rotatable bonds is 1. The monoisotopic (exact) mass is 250 g/mol. The molecule has 0 aliphatic rings. The van der Waals surface area contributed by atoms with Gasteiger partial charge in [0.2, 0.25) is 0 Å². The third kappa shape index (κ3) is 2.14. The highest BCUT2D eigenvalue weighted by Gasteiger charge is 2.03. The van der Waals surface area contributed by atoms with Gasteiger partial charge in [-0.3, -0.25) is 0 Å². The van der Waals surface area contributed by atoms with Gasteiger partial charge in [-0.15, -0.1) is 11.8 Å². The quantitative estimate of drug-likeness (QED) is 0.676. The highest BCUT2D eigenvalue weighted by atomic mass is 79.9. The van der Waals surface area contributed by atoms with Gasteiger partial charge in [0.25, 0.3) is 0 Å². The number of aryl methyl sites for hydroxylation is 1. The minimum Gasteiger partial charge on any atom is -0.128 e. The molecule has 0 spiro atoms. The Bertz CT molecular complexity index is 273. The fourth-order valence-electron chi connectivity index (χ4n) is 0.841. The van der Waals surface area contributed by atoms with E-state index in [1.165, 1.54) is 5.56 Å². The summed E-state index contributed by atoms with van der Waals surface area (Å²) in [5.74, 6) is 0. The molecule has 0 saturated heterocycles. The fraction of sp³-hybridized carbons (Fsp3) is 0.250. The van der Waals surface area contributed by atoms with Crippen molar-refractivity contribution in [3.63, 3.8) is 0 Å². The maximum atomic E-state index is 6.00. The second-order valence-corrected chi connectivity index (χ2v) is 4.34. The second-order valence-electron chi connectivity index (χ2n) is 2.26. The highest BCUT2D eigenvalue weighted by Crippen LogP contribution is 2.33. The Kier molecular flexibility index (Phi) is 3.29. The zero-order chi connectivity index (χ0) is 8.43. The Hall–Kier alpha value is 0.340. The van der Waals surface area contributed by atoms with Gasteiger partial charge in [0, 0.05) is 9.37 Å². The minimum absolute atomic E-state index is 0.808. The molecule has 3 heteroatoms. The molecule has 60 valence electrons. The first-order valence-corrected chi connectivity index (χ1v) is 5.54. The molecule has 0 aromatic heterocycles. The number of benzene rings is 1. The molecule has 0 N–H and O–H groups in total. The van der Waals surface area contributed by atoms with Gasteiger partial charge in [-0.2, -0.15) is 0 Å². The van der Waals surface area contributed by atoms with Gasteiger partial charge in [-0.25, -0.2) is 0 Å². The zero-order valence-corrected chi connectivity index (χ0v) is 9.48. The van der Waals surface area contributed by atoms with Crippen LogP contribution in [0.5, 0.6) is 0 Å². The first-order valence-electron chi connectivity index (χ1n) is 3.15. The van der Waals surface area contributed by atoms with Crippen LogP contribution in [0.4, 0.5) is 0 Å². The Labute approximate surface area is 84.5 Å². The van der Waals surface area contributed by atoms with Crippen molar-refractivity contribution < 1.29 is 0 Å². The Morgan fingerprint density at radius 3 is 2.64 bits per heavy atom. The summed E-state index contributed by atoms with van der Waals surface area (Å²) in [7, 11) is 0. The summed E-state index contributed by atoms with van der Waals surface area (Å²) >= 11 is 11.1. The molecule has 0 bridgehead atoms. The van der Waals surface area contributed by atoms with E-state index in [-0.39, 0.29) is 0 Å². The van der Waals surface area contributed by atoms with E-state index < -0.39 is 0 Å². The first kappa shape index (κ1) is 9.43. The summed E-state index contributed by atoms with van der Waals surface area (Å²) in [5.41, 5.74) is 1.23. The van der Waals surface area contributed by atoms with Gasteiger partial charge < -0.3 is 0 Å². The van der Waals surface area contributed by atoms with Crippen molar-refractivity contribution in [2.24, 2.45) is 0 Å². The van der Waals surface area contributed by atoms with Crippen LogP contribution in [0.1, 0.15) is 5.56 Å². The average Bonchev–Trinajstić information content (AvgIpc) is 1.96. The van der Waals surface area contributed by atoms with Crippen LogP contribution in [-0.2, 0) is 0 Å². The van der Waals surface area contributed by atoms with E-state index in [1.807, 2.05) is 12.3 Å². The van der Waals surface area contributed by atoms with Crippen molar-refractivity contribution in [1.82, 2.24) is 0 Å². The summed E-state index contributed by atoms with van der Waals surface area (Å²) in [6.07, 6.45) is 2.02. The summed E-state index contributed by atoms with van der Waals surface area (Å²) < 4.78 is 0.975. The Morgan fingerprint density at radius 2 is 2.09 bits per heavy atom. The van der Waals surface area contributed by atoms with Gasteiger partial charge >= 0.3 is 0 Å². The molecule has 0 nitrogen and oxygen atoms in total. The lowest BCUT2D eigenvalue weighted by atomic mass is 10.2. The van der Waals surface area contributed by atoms with Gasteiger partial charge in [0.1, 0.15) is 0 Å². The van der Waals surface area contributed by atoms with Crippen LogP contribution in [0.2, 0.25) is 5.02 Å². The molecule has 0 heterocycles. The molecule has 11 heavy (non-hydrogen) atoms. The van der Waals surface area contributed by atoms with Crippen molar-refractivity contribution in [2.45, 2.75) is 11.8 Å². The molecule has 0 fully saturated rings. The van der Waals surface area contributed by atoms with Gasteiger partial charge in [-0.1, -0.05) is 11.6 Å². The molecule has 0 saturated carbocycles. The number of thioether (sulfide) groups is 1. The predicted octanol–water partition coefficient (Wildman–Crippen LogP) is 4.13. The van der Waals surface area contributed by atoms with Crippen molar-refractivity contribution >= 4 is 39.3 Å². The lowest BCUT2D eigenvalue weighted by Crippen LogP contribution is -1.78. The SMILES string of the molecule is CSc1cc(C)cc(Br)c1Cl. The van der Waals surface area contributed by atoms with Crippen LogP contribution >= 0.6 is 39.3 Å². The molecule has 1 aromatic carbocycles. The van der Waals surface area contributed by atoms with E-state index in [0.29, 0.717) is 0 Å². The maximum Gasteiger partial charge on any atom is 0.0683 e. The third-order valence-electron chi connectivity index (χ3n) is 1.36. The van der Waals surface area contributed by atoms with E-state index >= 15 is 0 Å². The zero-order valence-electron chi connectivity index (χ0n) is 6.32. The number of halogens is 2. The maximum absolute atomic E-state index is 6.00. The molecule has 1 aromatic rings. The van der Waals surface area contributed by atoms with E-state index in [0.717, 1.165) is 14.4 Å². The molecular formula is C8H8BrClS. The van der Waals surface area contributed by atoms with Gasteiger partial charge in [-0.05, 0) is 46.8 Å². The minimum atomic E-state index is 0.808. The van der Waals surface area contributed by atoms with Gasteiger partial charge in [0.05, 0.1) is 5.02 Å². The molecule has 1 rings (SSSR count). The molecule has 0 radical (unpaired) electrons. The molecule has 0 aliphatic heterocycles. The molecule has 0 amide bonds. The topological polar surface area (TPSA) is 0 Å². The van der Waals surface area contributed by atoms with Crippen molar-refractivity contribution in [3.05, 3.63) is 27.2 Å². The van der Waals surface area contributed by atoms with E-state index in [2.05, 4.69) is 28.9 Å². The van der Waals surface area contributed by atoms with E-state index in [1.54, 1.807) is 11.8 Å². The van der Waals surface area contributed by atoms with Crippen LogP contribution in [0.3, 0.4) is 0 Å². The van der Waals surface area contributed by atoms with Crippen LogP contribution in [0.15, 0.2) is 21.5 Å². The smallest absolute Gasteiger partial charge is 0.0683 e. The summed E-state index contributed by atoms with van der Waals surface area (Å²) in [4.78, 5) is 1.12. The lowest BCUT2D eigenvalue weighted by Gasteiger charge is -2.03. The number of hydrogen-bond donors (Lipinski definition) is 0. The Morgan fingerprint density at radius 1 is 1.45 bits per heavy atom. The van der Waals surface area contributed by atoms with Crippen LogP contribution in [0.25, 0.3) is 0 Å². The fourth-order valence-corrected chi connectivity index (χ4v) is 2.48. The largest absolute Gasteiger partial charge is 0.128 e. The number of hydrogen-bond acceptors (Lipinski definition) is 1. The highest BCUT2D eigenvalue weighted by molar-refractivity contribution is 9.10. The van der Waals surface area contributed by atoms with Crippen molar-refractivity contribution in [3.8, 4) is 0 Å². The molecule has 0 atom stereocenters. The lowest BCUT2D eigenvalue weighted by molar-refractivity contribution is 1.34. The molecule has 0 unspecified atom stereocenters. The van der Waals surface area contributed by atoms with Crippen LogP contribution in [-0.4, -0.2) is 6.26 Å². The molecular weight excluding hydrogens is 244 g/mol. The van der Waals surface area contributed by atoms with Crippen LogP contribution < -0.4 is 0 Å². The van der Waals surface area contributed by atoms with E-state index in [4.69, 9.17) is 11.6 Å². The second kappa shape index (κ2) is 3.83. The van der Waals surface area contributed by atoms with Gasteiger partial charge in [0.15, 0.2) is 0 Å². The van der Waals surface area contributed by atoms with Crippen LogP contribution in [0, 0.1) is 6.92 Å². The summed E-state index contributed by atoms with van der Waals surface area (Å²) in [6, 6.07) is 4.10. The van der Waals surface area contributed by atoms with Crippen molar-refractivity contribution in [2.75, 3.05) is 6.26 Å². The summed E-state index contributed by atoms with van der Waals surface area (Å²) in [5, 5.41) is 0.808. The van der Waals surface area contributed by atoms with Crippen molar-refractivity contribution in [1.29, 1.82) is 0 Å². The predicted molar refractivity (Wildman–Crippen MR) is 55.7 cm³/mol. The summed E-state index contributed by atoms with van der Waals surface area (Å²) in [6.45, 7) is 2.06. The molecule has 0 aliphatic carbocycles.